The lowest BCUT2D eigenvalue weighted by Gasteiger charge is -2.21. The summed E-state index contributed by atoms with van der Waals surface area (Å²) in [7, 11) is 0. The smallest absolute Gasteiger partial charge is 0.0541 e. The van der Waals surface area contributed by atoms with Crippen molar-refractivity contribution >= 4 is 66.1 Å². The first-order valence-electron chi connectivity index (χ1n) is 18.8. The van der Waals surface area contributed by atoms with Gasteiger partial charge in [0.15, 0.2) is 0 Å². The lowest BCUT2D eigenvalue weighted by molar-refractivity contribution is 1.18. The van der Waals surface area contributed by atoms with E-state index in [0.717, 1.165) is 5.69 Å². The van der Waals surface area contributed by atoms with Gasteiger partial charge in [0.05, 0.1) is 22.1 Å². The molecule has 0 atom stereocenters. The van der Waals surface area contributed by atoms with Gasteiger partial charge in [0.2, 0.25) is 0 Å². The molecular weight excluding hydrogens is 685 g/mol. The van der Waals surface area contributed by atoms with E-state index in [1.165, 1.54) is 103 Å². The zero-order chi connectivity index (χ0) is 36.0. The normalized spacial score (nSPS) is 12.3. The highest BCUT2D eigenvalue weighted by atomic mass is 32.2. The molecule has 55 heavy (non-hydrogen) atoms. The fraction of sp³-hybridized carbons (Fsp3) is 0. The van der Waals surface area contributed by atoms with Crippen molar-refractivity contribution in [2.45, 2.75) is 9.79 Å². The number of nitrogens with zero attached hydrogens (tertiary/aromatic N) is 2. The third-order valence-corrected chi connectivity index (χ3v) is 12.6. The fourth-order valence-corrected chi connectivity index (χ4v) is 10.1. The number of benzene rings is 9. The number of hydrogen-bond donors (Lipinski definition) is 0. The summed E-state index contributed by atoms with van der Waals surface area (Å²) in [5.74, 6) is 0. The summed E-state index contributed by atoms with van der Waals surface area (Å²) in [6.45, 7) is 0. The third kappa shape index (κ3) is 4.64. The lowest BCUT2D eigenvalue weighted by atomic mass is 9.94. The summed E-state index contributed by atoms with van der Waals surface area (Å²) >= 11 is 1.88. The van der Waals surface area contributed by atoms with Crippen molar-refractivity contribution < 1.29 is 0 Å². The van der Waals surface area contributed by atoms with Crippen LogP contribution in [0.5, 0.6) is 0 Å². The molecule has 2 nitrogen and oxygen atoms in total. The second kappa shape index (κ2) is 11.8. The van der Waals surface area contributed by atoms with Gasteiger partial charge in [-0.2, -0.15) is 0 Å². The maximum atomic E-state index is 2.41. The minimum absolute atomic E-state index is 1.16. The van der Waals surface area contributed by atoms with Gasteiger partial charge in [-0.1, -0.05) is 121 Å². The fourth-order valence-electron chi connectivity index (χ4n) is 8.99. The molecule has 0 fully saturated rings. The maximum Gasteiger partial charge on any atom is 0.0541 e. The van der Waals surface area contributed by atoms with Crippen LogP contribution in [-0.2, 0) is 0 Å². The molecule has 3 heterocycles. The molecule has 9 aromatic carbocycles. The molecular formula is C52H32N2S. The average molecular weight is 717 g/mol. The van der Waals surface area contributed by atoms with Crippen molar-refractivity contribution in [3.05, 3.63) is 194 Å². The number of aromatic nitrogens is 2. The van der Waals surface area contributed by atoms with E-state index in [0.29, 0.717) is 0 Å². The van der Waals surface area contributed by atoms with Crippen LogP contribution in [0.1, 0.15) is 0 Å². The molecule has 2 aromatic heterocycles. The second-order valence-corrected chi connectivity index (χ2v) is 15.6. The van der Waals surface area contributed by atoms with Gasteiger partial charge in [-0.25, -0.2) is 0 Å². The summed E-state index contributed by atoms with van der Waals surface area (Å²) in [5.41, 5.74) is 14.7. The van der Waals surface area contributed by atoms with Crippen molar-refractivity contribution in [3.63, 3.8) is 0 Å². The Bertz CT molecular complexity index is 3330. The van der Waals surface area contributed by atoms with Crippen LogP contribution in [0.4, 0.5) is 0 Å². The number of hydrogen-bond acceptors (Lipinski definition) is 1. The Hall–Kier alpha value is -6.81. The first kappa shape index (κ1) is 30.6. The molecule has 3 heteroatoms. The van der Waals surface area contributed by atoms with Gasteiger partial charge >= 0.3 is 0 Å². The van der Waals surface area contributed by atoms with Crippen molar-refractivity contribution in [3.8, 4) is 44.8 Å². The van der Waals surface area contributed by atoms with Gasteiger partial charge in [0, 0.05) is 48.1 Å². The second-order valence-electron chi connectivity index (χ2n) is 14.5. The lowest BCUT2D eigenvalue weighted by Crippen LogP contribution is -1.94. The monoisotopic (exact) mass is 716 g/mol. The third-order valence-electron chi connectivity index (χ3n) is 11.5. The van der Waals surface area contributed by atoms with Crippen LogP contribution in [0.2, 0.25) is 0 Å². The molecule has 0 bridgehead atoms. The molecule has 0 amide bonds. The van der Waals surface area contributed by atoms with E-state index >= 15 is 0 Å². The zero-order valence-corrected chi connectivity index (χ0v) is 30.6. The van der Waals surface area contributed by atoms with Gasteiger partial charge in [0.25, 0.3) is 0 Å². The summed E-state index contributed by atoms with van der Waals surface area (Å²) in [4.78, 5) is 2.64. The van der Waals surface area contributed by atoms with Crippen molar-refractivity contribution in [1.82, 2.24) is 9.13 Å². The van der Waals surface area contributed by atoms with Crippen molar-refractivity contribution in [2.24, 2.45) is 0 Å². The molecule has 0 saturated carbocycles. The molecule has 1 aliphatic heterocycles. The molecule has 256 valence electrons. The molecule has 0 N–H and O–H groups in total. The Morgan fingerprint density at radius 3 is 1.42 bits per heavy atom. The zero-order valence-electron chi connectivity index (χ0n) is 29.8. The molecule has 1 aliphatic rings. The van der Waals surface area contributed by atoms with E-state index in [-0.39, 0.29) is 0 Å². The Morgan fingerprint density at radius 2 is 0.800 bits per heavy atom. The Labute approximate surface area is 322 Å². The average Bonchev–Trinajstić information content (AvgIpc) is 3.76. The van der Waals surface area contributed by atoms with Crippen LogP contribution in [0.3, 0.4) is 0 Å². The van der Waals surface area contributed by atoms with Gasteiger partial charge in [0.1, 0.15) is 0 Å². The van der Waals surface area contributed by atoms with E-state index in [2.05, 4.69) is 203 Å². The topological polar surface area (TPSA) is 9.86 Å². The standard InChI is InChI=1S/C52H32N2S/c1-3-13-38(14-4-1)53-46-19-8-7-17-40(46)42-29-34(21-25-47(42)53)35-22-26-48-43(30-35)44-31-36(23-27-49(44)54(48)39-15-5-2-6-16-39)37-24-28-50-45(32-37)41-18-9-11-33-12-10-20-51(55-50)52(33)41/h1-32H. The summed E-state index contributed by atoms with van der Waals surface area (Å²) < 4.78 is 4.79. The first-order valence-corrected chi connectivity index (χ1v) is 19.7. The molecule has 12 rings (SSSR count). The first-order chi connectivity index (χ1) is 27.3. The predicted octanol–water partition coefficient (Wildman–Crippen LogP) is 14.5. The highest BCUT2D eigenvalue weighted by Crippen LogP contribution is 2.49. The van der Waals surface area contributed by atoms with Crippen molar-refractivity contribution in [2.75, 3.05) is 0 Å². The van der Waals surface area contributed by atoms with Crippen LogP contribution in [0, 0.1) is 0 Å². The minimum atomic E-state index is 1.16. The molecule has 0 aliphatic carbocycles. The van der Waals surface area contributed by atoms with Gasteiger partial charge in [-0.3, -0.25) is 0 Å². The van der Waals surface area contributed by atoms with E-state index < -0.39 is 0 Å². The Balaban J connectivity index is 1.05. The quantitative estimate of drug-likeness (QED) is 0.176. The molecule has 0 unspecified atom stereocenters. The highest BCUT2D eigenvalue weighted by molar-refractivity contribution is 7.99. The van der Waals surface area contributed by atoms with Gasteiger partial charge in [-0.15, -0.1) is 0 Å². The van der Waals surface area contributed by atoms with Gasteiger partial charge in [-0.05, 0) is 124 Å². The van der Waals surface area contributed by atoms with Crippen LogP contribution in [0.15, 0.2) is 204 Å². The van der Waals surface area contributed by atoms with E-state index in [9.17, 15) is 0 Å². The number of rotatable bonds is 4. The number of para-hydroxylation sites is 3. The minimum Gasteiger partial charge on any atom is -0.309 e. The largest absolute Gasteiger partial charge is 0.309 e. The molecule has 11 aromatic rings. The predicted molar refractivity (Wildman–Crippen MR) is 233 cm³/mol. The van der Waals surface area contributed by atoms with E-state index in [1.54, 1.807) is 0 Å². The maximum absolute atomic E-state index is 2.41. The van der Waals surface area contributed by atoms with E-state index in [4.69, 9.17) is 0 Å². The van der Waals surface area contributed by atoms with Crippen LogP contribution < -0.4 is 0 Å². The highest BCUT2D eigenvalue weighted by Gasteiger charge is 2.21. The van der Waals surface area contributed by atoms with E-state index in [1.807, 2.05) is 11.8 Å². The SMILES string of the molecule is c1ccc(-n2c3ccccc3c3cc(-c4ccc5c(c4)c4cc(-c6ccc7c(c6)-c6cccc8cccc(c68)S7)ccc4n5-c4ccccc4)ccc32)cc1. The molecule has 0 saturated heterocycles. The summed E-state index contributed by atoms with van der Waals surface area (Å²) in [6.07, 6.45) is 0. The van der Waals surface area contributed by atoms with Crippen LogP contribution in [-0.4, -0.2) is 9.13 Å². The summed E-state index contributed by atoms with van der Waals surface area (Å²) in [5, 5.41) is 7.67. The summed E-state index contributed by atoms with van der Waals surface area (Å²) in [6, 6.07) is 71.5. The van der Waals surface area contributed by atoms with Gasteiger partial charge < -0.3 is 9.13 Å². The number of fused-ring (bicyclic) bond motifs is 8. The molecule has 0 spiro atoms. The van der Waals surface area contributed by atoms with Crippen LogP contribution in [0.25, 0.3) is 99.1 Å². The van der Waals surface area contributed by atoms with Crippen molar-refractivity contribution in [1.29, 1.82) is 0 Å². The Kier molecular flexibility index (Phi) is 6.60. The molecule has 0 radical (unpaired) electrons. The Morgan fingerprint density at radius 1 is 0.309 bits per heavy atom. The van der Waals surface area contributed by atoms with Crippen LogP contribution >= 0.6 is 11.8 Å².